The quantitative estimate of drug-likeness (QED) is 0.835. The van der Waals surface area contributed by atoms with E-state index in [4.69, 9.17) is 4.74 Å². The van der Waals surface area contributed by atoms with Crippen molar-refractivity contribution in [3.05, 3.63) is 65.7 Å². The highest BCUT2D eigenvalue weighted by atomic mass is 16.5. The zero-order valence-corrected chi connectivity index (χ0v) is 17.6. The molecule has 1 spiro atoms. The third-order valence-corrected chi connectivity index (χ3v) is 7.08. The van der Waals surface area contributed by atoms with Gasteiger partial charge in [0.1, 0.15) is 5.75 Å². The van der Waals surface area contributed by atoms with Crippen LogP contribution in [0.4, 0.5) is 4.79 Å². The van der Waals surface area contributed by atoms with Crippen molar-refractivity contribution in [2.45, 2.75) is 43.3 Å². The highest BCUT2D eigenvalue weighted by Gasteiger charge is 2.51. The summed E-state index contributed by atoms with van der Waals surface area (Å²) in [5.74, 6) is 0.838. The average Bonchev–Trinajstić information content (AvgIpc) is 3.05. The van der Waals surface area contributed by atoms with Crippen molar-refractivity contribution in [2.24, 2.45) is 0 Å². The maximum absolute atomic E-state index is 12.8. The van der Waals surface area contributed by atoms with Crippen LogP contribution in [0.25, 0.3) is 0 Å². The minimum atomic E-state index is -0.133. The highest BCUT2D eigenvalue weighted by Crippen LogP contribution is 2.48. The number of benzene rings is 2. The molecule has 2 amide bonds. The largest absolute Gasteiger partial charge is 0.496 e. The van der Waals surface area contributed by atoms with E-state index in [1.54, 1.807) is 7.11 Å². The van der Waals surface area contributed by atoms with Crippen LogP contribution in [0.1, 0.15) is 36.8 Å². The van der Waals surface area contributed by atoms with Gasteiger partial charge in [0.2, 0.25) is 0 Å². The molecule has 5 heteroatoms. The van der Waals surface area contributed by atoms with Gasteiger partial charge in [-0.1, -0.05) is 48.5 Å². The molecule has 2 aliphatic rings. The Morgan fingerprint density at radius 3 is 2.31 bits per heavy atom. The summed E-state index contributed by atoms with van der Waals surface area (Å²) in [7, 11) is 6.04. The van der Waals surface area contributed by atoms with Crippen LogP contribution in [-0.4, -0.2) is 49.1 Å². The van der Waals surface area contributed by atoms with Gasteiger partial charge in [0.25, 0.3) is 0 Å². The number of methoxy groups -OCH3 is 1. The van der Waals surface area contributed by atoms with Crippen LogP contribution < -0.4 is 10.1 Å². The van der Waals surface area contributed by atoms with Crippen molar-refractivity contribution in [3.8, 4) is 5.75 Å². The van der Waals surface area contributed by atoms with Crippen molar-refractivity contribution < 1.29 is 9.53 Å². The van der Waals surface area contributed by atoms with Crippen LogP contribution in [0, 0.1) is 0 Å². The molecular weight excluding hydrogens is 362 g/mol. The van der Waals surface area contributed by atoms with Crippen molar-refractivity contribution >= 4 is 6.03 Å². The zero-order valence-electron chi connectivity index (χ0n) is 17.6. The smallest absolute Gasteiger partial charge is 0.318 e. The van der Waals surface area contributed by atoms with Crippen LogP contribution >= 0.6 is 0 Å². The summed E-state index contributed by atoms with van der Waals surface area (Å²) in [4.78, 5) is 17.2. The lowest BCUT2D eigenvalue weighted by atomic mass is 9.68. The van der Waals surface area contributed by atoms with E-state index < -0.39 is 0 Å². The van der Waals surface area contributed by atoms with Crippen molar-refractivity contribution in [3.63, 3.8) is 0 Å². The molecule has 1 aliphatic carbocycles. The number of urea groups is 1. The number of para-hydroxylation sites is 1. The van der Waals surface area contributed by atoms with Crippen LogP contribution in [0.2, 0.25) is 0 Å². The average molecular weight is 394 g/mol. The number of hydrogen-bond acceptors (Lipinski definition) is 3. The maximum atomic E-state index is 12.8. The Balaban J connectivity index is 1.59. The fraction of sp³-hybridized carbons (Fsp3) is 0.458. The SMILES string of the molecule is COc1ccccc1CN1C(=O)NC[C@]12CC[C@](c1ccccc1)(N(C)C)CC2. The van der Waals surface area contributed by atoms with Gasteiger partial charge >= 0.3 is 6.03 Å². The fourth-order valence-electron chi connectivity index (χ4n) is 5.21. The molecule has 2 fully saturated rings. The van der Waals surface area contributed by atoms with Crippen molar-refractivity contribution in [1.29, 1.82) is 0 Å². The summed E-state index contributed by atoms with van der Waals surface area (Å²) < 4.78 is 5.52. The summed E-state index contributed by atoms with van der Waals surface area (Å²) in [6.45, 7) is 1.30. The molecule has 154 valence electrons. The summed E-state index contributed by atoms with van der Waals surface area (Å²) in [5, 5.41) is 3.12. The van der Waals surface area contributed by atoms with Crippen LogP contribution in [0.5, 0.6) is 5.75 Å². The lowest BCUT2D eigenvalue weighted by molar-refractivity contribution is 0.0234. The highest BCUT2D eigenvalue weighted by molar-refractivity contribution is 5.78. The standard InChI is InChI=1S/C24H31N3O2/c1-26(2)24(20-10-5-4-6-11-20)15-13-23(14-16-24)18-25-22(28)27(23)17-19-9-7-8-12-21(19)29-3/h4-12H,13-18H2,1-3H3,(H,25,28)/t23-,24+. The Morgan fingerprint density at radius 2 is 1.66 bits per heavy atom. The van der Waals surface area contributed by atoms with Gasteiger partial charge in [0.15, 0.2) is 0 Å². The molecular formula is C24H31N3O2. The normalized spacial score (nSPS) is 26.8. The van der Waals surface area contributed by atoms with Crippen LogP contribution in [-0.2, 0) is 12.1 Å². The molecule has 0 unspecified atom stereocenters. The Kier molecular flexibility index (Phi) is 5.26. The van der Waals surface area contributed by atoms with Gasteiger partial charge in [-0.05, 0) is 51.4 Å². The van der Waals surface area contributed by atoms with Gasteiger partial charge in [-0.25, -0.2) is 4.79 Å². The van der Waals surface area contributed by atoms with Crippen molar-refractivity contribution in [1.82, 2.24) is 15.1 Å². The first-order valence-electron chi connectivity index (χ1n) is 10.4. The van der Waals surface area contributed by atoms with Crippen LogP contribution in [0.15, 0.2) is 54.6 Å². The molecule has 0 bridgehead atoms. The maximum Gasteiger partial charge on any atom is 0.318 e. The molecule has 4 rings (SSSR count). The summed E-state index contributed by atoms with van der Waals surface area (Å²) in [6.07, 6.45) is 4.02. The number of nitrogens with zero attached hydrogens (tertiary/aromatic N) is 2. The lowest BCUT2D eigenvalue weighted by Crippen LogP contribution is -2.55. The second-order valence-corrected chi connectivity index (χ2v) is 8.57. The fourth-order valence-corrected chi connectivity index (χ4v) is 5.21. The number of ether oxygens (including phenoxy) is 1. The van der Waals surface area contributed by atoms with E-state index in [0.29, 0.717) is 6.54 Å². The number of nitrogens with one attached hydrogen (secondary N) is 1. The van der Waals surface area contributed by atoms with Gasteiger partial charge in [0, 0.05) is 17.6 Å². The first kappa shape index (κ1) is 19.8. The molecule has 1 saturated carbocycles. The summed E-state index contributed by atoms with van der Waals surface area (Å²) in [5.41, 5.74) is 2.31. The molecule has 0 radical (unpaired) electrons. The molecule has 1 heterocycles. The molecule has 2 aromatic rings. The minimum absolute atomic E-state index is 0.0221. The van der Waals surface area contributed by atoms with E-state index in [9.17, 15) is 4.79 Å². The van der Waals surface area contributed by atoms with Gasteiger partial charge < -0.3 is 15.0 Å². The van der Waals surface area contributed by atoms with Gasteiger partial charge in [0.05, 0.1) is 19.2 Å². The molecule has 1 N–H and O–H groups in total. The summed E-state index contributed by atoms with van der Waals surface area (Å²) in [6, 6.07) is 18.8. The monoisotopic (exact) mass is 393 g/mol. The molecule has 0 aromatic heterocycles. The number of hydrogen-bond donors (Lipinski definition) is 1. The first-order valence-corrected chi connectivity index (χ1v) is 10.4. The Morgan fingerprint density at radius 1 is 1.00 bits per heavy atom. The second-order valence-electron chi connectivity index (χ2n) is 8.57. The Labute approximate surface area is 173 Å². The molecule has 1 aliphatic heterocycles. The molecule has 5 nitrogen and oxygen atoms in total. The third-order valence-electron chi connectivity index (χ3n) is 7.08. The van der Waals surface area contributed by atoms with E-state index in [1.807, 2.05) is 18.2 Å². The van der Waals surface area contributed by atoms with Gasteiger partial charge in [-0.3, -0.25) is 4.90 Å². The molecule has 1 saturated heterocycles. The third kappa shape index (κ3) is 3.38. The number of carbonyl (C=O) groups is 1. The van der Waals surface area contributed by atoms with E-state index in [1.165, 1.54) is 5.56 Å². The topological polar surface area (TPSA) is 44.8 Å². The number of carbonyl (C=O) groups excluding carboxylic acids is 1. The summed E-state index contributed by atoms with van der Waals surface area (Å²) >= 11 is 0. The zero-order chi connectivity index (χ0) is 20.5. The van der Waals surface area contributed by atoms with E-state index in [-0.39, 0.29) is 17.1 Å². The minimum Gasteiger partial charge on any atom is -0.496 e. The van der Waals surface area contributed by atoms with Crippen molar-refractivity contribution in [2.75, 3.05) is 27.7 Å². The predicted octanol–water partition coefficient (Wildman–Crippen LogP) is 3.99. The molecule has 2 aromatic carbocycles. The lowest BCUT2D eigenvalue weighted by Gasteiger charge is -2.51. The number of amides is 2. The van der Waals surface area contributed by atoms with Gasteiger partial charge in [-0.2, -0.15) is 0 Å². The molecule has 29 heavy (non-hydrogen) atoms. The molecule has 0 atom stereocenters. The Hall–Kier alpha value is -2.53. The van der Waals surface area contributed by atoms with E-state index in [2.05, 4.69) is 65.6 Å². The first-order chi connectivity index (χ1) is 14.0. The van der Waals surface area contributed by atoms with Gasteiger partial charge in [-0.15, -0.1) is 0 Å². The number of rotatable bonds is 5. The van der Waals surface area contributed by atoms with E-state index >= 15 is 0 Å². The predicted molar refractivity (Wildman–Crippen MR) is 115 cm³/mol. The second kappa shape index (κ2) is 7.71. The van der Waals surface area contributed by atoms with E-state index in [0.717, 1.165) is 43.5 Å². The van der Waals surface area contributed by atoms with Crippen LogP contribution in [0.3, 0.4) is 0 Å². The Bertz CT molecular complexity index is 857.